The number of aliphatic hydroxyl groups is 1. The van der Waals surface area contributed by atoms with Gasteiger partial charge in [0.2, 0.25) is 0 Å². The number of aromatic nitrogens is 2. The molecule has 1 N–H and O–H groups in total. The molecule has 0 spiro atoms. The van der Waals surface area contributed by atoms with Crippen molar-refractivity contribution < 1.29 is 14.6 Å². The number of halogens is 1. The molecule has 0 atom stereocenters. The monoisotopic (exact) mass is 296 g/mol. The Balaban J connectivity index is 2.07. The molecule has 1 aromatic carbocycles. The van der Waals surface area contributed by atoms with Crippen LogP contribution >= 0.6 is 11.6 Å². The SMILES string of the molecule is COc1cc(CO)cc(Cl)c1OCCc1ccnn1C. The Morgan fingerprint density at radius 1 is 1.40 bits per heavy atom. The van der Waals surface area contributed by atoms with E-state index >= 15 is 0 Å². The van der Waals surface area contributed by atoms with Crippen molar-refractivity contribution in [3.8, 4) is 11.5 Å². The van der Waals surface area contributed by atoms with Crippen LogP contribution < -0.4 is 9.47 Å². The van der Waals surface area contributed by atoms with Crippen LogP contribution in [0.25, 0.3) is 0 Å². The van der Waals surface area contributed by atoms with E-state index < -0.39 is 0 Å². The van der Waals surface area contributed by atoms with Crippen LogP contribution in [0.4, 0.5) is 0 Å². The lowest BCUT2D eigenvalue weighted by Gasteiger charge is -2.13. The molecule has 0 unspecified atom stereocenters. The third kappa shape index (κ3) is 3.23. The standard InChI is InChI=1S/C14H17ClN2O3/c1-17-11(3-5-16-17)4-6-20-14-12(15)7-10(9-18)8-13(14)19-2/h3,5,7-8,18H,4,6,9H2,1-2H3. The highest BCUT2D eigenvalue weighted by Crippen LogP contribution is 2.36. The maximum atomic E-state index is 9.14. The van der Waals surface area contributed by atoms with Crippen LogP contribution in [-0.2, 0) is 20.1 Å². The van der Waals surface area contributed by atoms with E-state index in [4.69, 9.17) is 26.2 Å². The molecule has 0 saturated carbocycles. The molecule has 20 heavy (non-hydrogen) atoms. The maximum Gasteiger partial charge on any atom is 0.179 e. The lowest BCUT2D eigenvalue weighted by molar-refractivity contribution is 0.277. The second-order valence-corrected chi connectivity index (χ2v) is 4.72. The molecular formula is C14H17ClN2O3. The average molecular weight is 297 g/mol. The molecule has 0 aliphatic heterocycles. The molecule has 0 aliphatic carbocycles. The molecule has 0 aliphatic rings. The van der Waals surface area contributed by atoms with Gasteiger partial charge < -0.3 is 14.6 Å². The van der Waals surface area contributed by atoms with Gasteiger partial charge in [-0.2, -0.15) is 5.10 Å². The second-order valence-electron chi connectivity index (χ2n) is 4.31. The van der Waals surface area contributed by atoms with Gasteiger partial charge in [-0.15, -0.1) is 0 Å². The van der Waals surface area contributed by atoms with Crippen LogP contribution in [0.15, 0.2) is 24.4 Å². The summed E-state index contributed by atoms with van der Waals surface area (Å²) in [5.74, 6) is 1.01. The molecule has 5 nitrogen and oxygen atoms in total. The zero-order valence-electron chi connectivity index (χ0n) is 11.5. The molecule has 2 rings (SSSR count). The summed E-state index contributed by atoms with van der Waals surface area (Å²) in [4.78, 5) is 0. The summed E-state index contributed by atoms with van der Waals surface area (Å²) in [6.45, 7) is 0.374. The molecule has 1 heterocycles. The molecule has 108 valence electrons. The highest BCUT2D eigenvalue weighted by molar-refractivity contribution is 6.32. The third-order valence-electron chi connectivity index (χ3n) is 3.00. The minimum atomic E-state index is -0.0919. The van der Waals surface area contributed by atoms with E-state index in [0.29, 0.717) is 28.7 Å². The van der Waals surface area contributed by atoms with Gasteiger partial charge in [-0.25, -0.2) is 0 Å². The molecule has 0 radical (unpaired) electrons. The molecule has 1 aromatic heterocycles. The van der Waals surface area contributed by atoms with Gasteiger partial charge in [0, 0.05) is 25.4 Å². The lowest BCUT2D eigenvalue weighted by Crippen LogP contribution is -2.07. The van der Waals surface area contributed by atoms with E-state index in [0.717, 1.165) is 12.1 Å². The lowest BCUT2D eigenvalue weighted by atomic mass is 10.2. The van der Waals surface area contributed by atoms with E-state index in [1.165, 1.54) is 0 Å². The summed E-state index contributed by atoms with van der Waals surface area (Å²) >= 11 is 6.15. The quantitative estimate of drug-likeness (QED) is 0.888. The minimum Gasteiger partial charge on any atom is -0.493 e. The zero-order chi connectivity index (χ0) is 14.5. The van der Waals surface area contributed by atoms with E-state index in [-0.39, 0.29) is 6.61 Å². The number of hydrogen-bond donors (Lipinski definition) is 1. The molecule has 0 fully saturated rings. The van der Waals surface area contributed by atoms with Crippen LogP contribution in [0.3, 0.4) is 0 Å². The van der Waals surface area contributed by atoms with Crippen molar-refractivity contribution in [3.05, 3.63) is 40.7 Å². The molecule has 0 amide bonds. The Hall–Kier alpha value is -1.72. The van der Waals surface area contributed by atoms with E-state index in [9.17, 15) is 0 Å². The third-order valence-corrected chi connectivity index (χ3v) is 3.28. The highest BCUT2D eigenvalue weighted by Gasteiger charge is 2.12. The number of nitrogens with zero attached hydrogens (tertiary/aromatic N) is 2. The average Bonchev–Trinajstić information content (AvgIpc) is 2.85. The Kier molecular flexibility index (Phi) is 4.87. The Morgan fingerprint density at radius 2 is 2.20 bits per heavy atom. The van der Waals surface area contributed by atoms with Crippen molar-refractivity contribution in [2.45, 2.75) is 13.0 Å². The summed E-state index contributed by atoms with van der Waals surface area (Å²) in [5, 5.41) is 13.7. The van der Waals surface area contributed by atoms with Gasteiger partial charge in [-0.1, -0.05) is 11.6 Å². The topological polar surface area (TPSA) is 56.5 Å². The van der Waals surface area contributed by atoms with Crippen molar-refractivity contribution in [2.75, 3.05) is 13.7 Å². The van der Waals surface area contributed by atoms with E-state index in [1.54, 1.807) is 30.1 Å². The first-order valence-electron chi connectivity index (χ1n) is 6.22. The van der Waals surface area contributed by atoms with Gasteiger partial charge in [0.15, 0.2) is 11.5 Å². The fourth-order valence-corrected chi connectivity index (χ4v) is 2.20. The summed E-state index contributed by atoms with van der Waals surface area (Å²) in [5.41, 5.74) is 1.76. The van der Waals surface area contributed by atoms with Crippen LogP contribution in [0.5, 0.6) is 11.5 Å². The van der Waals surface area contributed by atoms with Crippen molar-refractivity contribution in [1.29, 1.82) is 0 Å². The Bertz CT molecular complexity index is 584. The first kappa shape index (κ1) is 14.7. The van der Waals surface area contributed by atoms with E-state index in [2.05, 4.69) is 5.10 Å². The molecular weight excluding hydrogens is 280 g/mol. The Morgan fingerprint density at radius 3 is 2.80 bits per heavy atom. The fraction of sp³-hybridized carbons (Fsp3) is 0.357. The number of aryl methyl sites for hydroxylation is 1. The van der Waals surface area contributed by atoms with Gasteiger partial charge in [0.25, 0.3) is 0 Å². The smallest absolute Gasteiger partial charge is 0.179 e. The van der Waals surface area contributed by atoms with Crippen LogP contribution in [0, 0.1) is 0 Å². The number of aliphatic hydroxyl groups excluding tert-OH is 1. The first-order valence-corrected chi connectivity index (χ1v) is 6.60. The van der Waals surface area contributed by atoms with E-state index in [1.807, 2.05) is 13.1 Å². The van der Waals surface area contributed by atoms with Crippen LogP contribution in [0.1, 0.15) is 11.3 Å². The van der Waals surface area contributed by atoms with Crippen LogP contribution in [0.2, 0.25) is 5.02 Å². The predicted molar refractivity (Wildman–Crippen MR) is 76.3 cm³/mol. The summed E-state index contributed by atoms with van der Waals surface area (Å²) in [6.07, 6.45) is 2.47. The predicted octanol–water partition coefficient (Wildman–Crippen LogP) is 2.20. The number of hydrogen-bond acceptors (Lipinski definition) is 4. The number of benzene rings is 1. The van der Waals surface area contributed by atoms with Crippen molar-refractivity contribution >= 4 is 11.6 Å². The van der Waals surface area contributed by atoms with Gasteiger partial charge in [-0.3, -0.25) is 4.68 Å². The second kappa shape index (κ2) is 6.63. The van der Waals surface area contributed by atoms with Gasteiger partial charge in [0.1, 0.15) is 0 Å². The number of methoxy groups -OCH3 is 1. The largest absolute Gasteiger partial charge is 0.493 e. The maximum absolute atomic E-state index is 9.14. The van der Waals surface area contributed by atoms with Gasteiger partial charge >= 0.3 is 0 Å². The zero-order valence-corrected chi connectivity index (χ0v) is 12.2. The molecule has 0 bridgehead atoms. The summed E-state index contributed by atoms with van der Waals surface area (Å²) < 4.78 is 12.8. The summed E-state index contributed by atoms with van der Waals surface area (Å²) in [7, 11) is 3.43. The number of ether oxygens (including phenoxy) is 2. The first-order chi connectivity index (χ1) is 9.65. The van der Waals surface area contributed by atoms with Gasteiger partial charge in [-0.05, 0) is 23.8 Å². The normalized spacial score (nSPS) is 10.6. The van der Waals surface area contributed by atoms with Gasteiger partial charge in [0.05, 0.1) is 25.3 Å². The van der Waals surface area contributed by atoms with Crippen LogP contribution in [-0.4, -0.2) is 28.6 Å². The van der Waals surface area contributed by atoms with Crippen molar-refractivity contribution in [2.24, 2.45) is 7.05 Å². The molecule has 2 aromatic rings. The fourth-order valence-electron chi connectivity index (χ4n) is 1.91. The summed E-state index contributed by atoms with van der Waals surface area (Å²) in [6, 6.07) is 5.33. The highest BCUT2D eigenvalue weighted by atomic mass is 35.5. The minimum absolute atomic E-state index is 0.0919. The van der Waals surface area contributed by atoms with Crippen molar-refractivity contribution in [3.63, 3.8) is 0 Å². The van der Waals surface area contributed by atoms with Crippen molar-refractivity contribution in [1.82, 2.24) is 9.78 Å². The Labute approximate surface area is 122 Å². The number of rotatable bonds is 6. The molecule has 6 heteroatoms. The molecule has 0 saturated heterocycles.